The third-order valence-corrected chi connectivity index (χ3v) is 2.87. The summed E-state index contributed by atoms with van der Waals surface area (Å²) < 4.78 is 11.1. The first-order chi connectivity index (χ1) is 9.36. The Labute approximate surface area is 117 Å². The smallest absolute Gasteiger partial charge is 0.123 e. The minimum absolute atomic E-state index is 0.683. The molecule has 1 aromatic carbocycles. The van der Waals surface area contributed by atoms with E-state index in [-0.39, 0.29) is 0 Å². The van der Waals surface area contributed by atoms with Gasteiger partial charge in [-0.25, -0.2) is 0 Å². The van der Waals surface area contributed by atoms with Gasteiger partial charge < -0.3 is 14.8 Å². The van der Waals surface area contributed by atoms with Crippen molar-refractivity contribution in [3.8, 4) is 11.5 Å². The normalized spacial score (nSPS) is 10.4. The van der Waals surface area contributed by atoms with Gasteiger partial charge in [0.1, 0.15) is 18.1 Å². The number of nitrogens with one attached hydrogen (secondary N) is 1. The van der Waals surface area contributed by atoms with E-state index in [2.05, 4.69) is 12.2 Å². The predicted molar refractivity (Wildman–Crippen MR) is 80.1 cm³/mol. The molecule has 0 aliphatic rings. The quantitative estimate of drug-likeness (QED) is 0.620. The van der Waals surface area contributed by atoms with E-state index in [1.807, 2.05) is 31.2 Å². The maximum absolute atomic E-state index is 5.68. The lowest BCUT2D eigenvalue weighted by Crippen LogP contribution is -2.22. The second-order valence-electron chi connectivity index (χ2n) is 4.57. The molecule has 0 saturated heterocycles. The summed E-state index contributed by atoms with van der Waals surface area (Å²) in [5.74, 6) is 1.74. The Morgan fingerprint density at radius 1 is 0.947 bits per heavy atom. The van der Waals surface area contributed by atoms with Crippen molar-refractivity contribution in [1.29, 1.82) is 0 Å². The molecule has 19 heavy (non-hydrogen) atoms. The molecule has 0 atom stereocenters. The van der Waals surface area contributed by atoms with E-state index in [1.165, 1.54) is 25.7 Å². The molecule has 1 N–H and O–H groups in total. The molecule has 0 heterocycles. The fourth-order valence-electron chi connectivity index (χ4n) is 1.86. The summed E-state index contributed by atoms with van der Waals surface area (Å²) in [6.45, 7) is 7.58. The molecule has 3 nitrogen and oxygen atoms in total. The average Bonchev–Trinajstić information content (AvgIpc) is 2.43. The van der Waals surface area contributed by atoms with Gasteiger partial charge in [0.05, 0.1) is 6.61 Å². The van der Waals surface area contributed by atoms with Crippen LogP contribution in [0.2, 0.25) is 0 Å². The zero-order valence-corrected chi connectivity index (χ0v) is 12.3. The lowest BCUT2D eigenvalue weighted by Gasteiger charge is -2.09. The zero-order chi connectivity index (χ0) is 13.8. The molecular weight excluding hydrogens is 238 g/mol. The molecule has 1 rings (SSSR count). The SMILES string of the molecule is CCCCCCNCCOc1cccc(OCC)c1. The molecule has 108 valence electrons. The molecule has 0 aliphatic heterocycles. The Kier molecular flexibility index (Phi) is 8.90. The highest BCUT2D eigenvalue weighted by molar-refractivity contribution is 5.32. The molecule has 0 aromatic heterocycles. The Morgan fingerprint density at radius 3 is 2.47 bits per heavy atom. The summed E-state index contributed by atoms with van der Waals surface area (Å²) in [5, 5.41) is 3.40. The summed E-state index contributed by atoms with van der Waals surface area (Å²) in [6, 6.07) is 7.80. The van der Waals surface area contributed by atoms with Crippen molar-refractivity contribution in [1.82, 2.24) is 5.32 Å². The third kappa shape index (κ3) is 7.73. The van der Waals surface area contributed by atoms with Crippen LogP contribution in [0.3, 0.4) is 0 Å². The summed E-state index contributed by atoms with van der Waals surface area (Å²) in [7, 11) is 0. The number of benzene rings is 1. The van der Waals surface area contributed by atoms with Gasteiger partial charge in [0.2, 0.25) is 0 Å². The second-order valence-corrected chi connectivity index (χ2v) is 4.57. The van der Waals surface area contributed by atoms with E-state index < -0.39 is 0 Å². The summed E-state index contributed by atoms with van der Waals surface area (Å²) in [4.78, 5) is 0. The lowest BCUT2D eigenvalue weighted by atomic mass is 10.2. The van der Waals surface area contributed by atoms with Gasteiger partial charge in [0, 0.05) is 12.6 Å². The molecule has 1 aromatic rings. The predicted octanol–water partition coefficient (Wildman–Crippen LogP) is 3.63. The first kappa shape index (κ1) is 15.8. The first-order valence-electron chi connectivity index (χ1n) is 7.43. The monoisotopic (exact) mass is 265 g/mol. The van der Waals surface area contributed by atoms with Crippen molar-refractivity contribution in [2.24, 2.45) is 0 Å². The van der Waals surface area contributed by atoms with Gasteiger partial charge in [-0.05, 0) is 32.0 Å². The van der Waals surface area contributed by atoms with Crippen LogP contribution < -0.4 is 14.8 Å². The summed E-state index contributed by atoms with van der Waals surface area (Å²) in [6.07, 6.45) is 5.20. The van der Waals surface area contributed by atoms with Crippen LogP contribution in [0.4, 0.5) is 0 Å². The van der Waals surface area contributed by atoms with Crippen LogP contribution in [0.25, 0.3) is 0 Å². The number of hydrogen-bond acceptors (Lipinski definition) is 3. The third-order valence-electron chi connectivity index (χ3n) is 2.87. The largest absolute Gasteiger partial charge is 0.494 e. The highest BCUT2D eigenvalue weighted by atomic mass is 16.5. The van der Waals surface area contributed by atoms with Gasteiger partial charge in [-0.1, -0.05) is 32.3 Å². The van der Waals surface area contributed by atoms with Gasteiger partial charge in [-0.15, -0.1) is 0 Å². The standard InChI is InChI=1S/C16H27NO2/c1-3-5-6-7-11-17-12-13-19-16-10-8-9-15(14-16)18-4-2/h8-10,14,17H,3-7,11-13H2,1-2H3. The summed E-state index contributed by atoms with van der Waals surface area (Å²) in [5.41, 5.74) is 0. The van der Waals surface area contributed by atoms with Crippen LogP contribution in [0.5, 0.6) is 11.5 Å². The molecule has 0 saturated carbocycles. The minimum atomic E-state index is 0.683. The molecule has 0 unspecified atom stereocenters. The Morgan fingerprint density at radius 2 is 1.74 bits per heavy atom. The zero-order valence-electron chi connectivity index (χ0n) is 12.3. The Hall–Kier alpha value is -1.22. The van der Waals surface area contributed by atoms with E-state index in [9.17, 15) is 0 Å². The van der Waals surface area contributed by atoms with Crippen molar-refractivity contribution in [3.05, 3.63) is 24.3 Å². The molecule has 0 bridgehead atoms. The Balaban J connectivity index is 2.07. The van der Waals surface area contributed by atoms with Gasteiger partial charge in [0.15, 0.2) is 0 Å². The molecule has 0 spiro atoms. The minimum Gasteiger partial charge on any atom is -0.494 e. The summed E-state index contributed by atoms with van der Waals surface area (Å²) >= 11 is 0. The molecular formula is C16H27NO2. The van der Waals surface area contributed by atoms with Crippen molar-refractivity contribution in [2.45, 2.75) is 39.5 Å². The van der Waals surface area contributed by atoms with Crippen molar-refractivity contribution >= 4 is 0 Å². The maximum Gasteiger partial charge on any atom is 0.123 e. The highest BCUT2D eigenvalue weighted by Gasteiger charge is 1.97. The molecule has 0 aliphatic carbocycles. The highest BCUT2D eigenvalue weighted by Crippen LogP contribution is 2.18. The fraction of sp³-hybridized carbons (Fsp3) is 0.625. The van der Waals surface area contributed by atoms with Crippen molar-refractivity contribution in [2.75, 3.05) is 26.3 Å². The topological polar surface area (TPSA) is 30.5 Å². The van der Waals surface area contributed by atoms with E-state index in [1.54, 1.807) is 0 Å². The van der Waals surface area contributed by atoms with Crippen LogP contribution >= 0.6 is 0 Å². The van der Waals surface area contributed by atoms with Crippen LogP contribution in [0.15, 0.2) is 24.3 Å². The number of ether oxygens (including phenoxy) is 2. The average molecular weight is 265 g/mol. The second kappa shape index (κ2) is 10.7. The van der Waals surface area contributed by atoms with Gasteiger partial charge >= 0.3 is 0 Å². The van der Waals surface area contributed by atoms with Crippen molar-refractivity contribution in [3.63, 3.8) is 0 Å². The molecule has 3 heteroatoms. The lowest BCUT2D eigenvalue weighted by molar-refractivity contribution is 0.306. The van der Waals surface area contributed by atoms with E-state index >= 15 is 0 Å². The van der Waals surface area contributed by atoms with Crippen molar-refractivity contribution < 1.29 is 9.47 Å². The first-order valence-corrected chi connectivity index (χ1v) is 7.43. The fourth-order valence-corrected chi connectivity index (χ4v) is 1.86. The molecule has 0 amide bonds. The number of rotatable bonds is 11. The van der Waals surface area contributed by atoms with Crippen LogP contribution in [-0.4, -0.2) is 26.3 Å². The van der Waals surface area contributed by atoms with Crippen LogP contribution in [0.1, 0.15) is 39.5 Å². The van der Waals surface area contributed by atoms with Crippen LogP contribution in [0, 0.1) is 0 Å². The maximum atomic E-state index is 5.68. The van der Waals surface area contributed by atoms with Gasteiger partial charge in [-0.3, -0.25) is 0 Å². The van der Waals surface area contributed by atoms with Crippen LogP contribution in [-0.2, 0) is 0 Å². The van der Waals surface area contributed by atoms with Gasteiger partial charge in [-0.2, -0.15) is 0 Å². The van der Waals surface area contributed by atoms with E-state index in [0.717, 1.165) is 24.6 Å². The Bertz CT molecular complexity index is 328. The van der Waals surface area contributed by atoms with Gasteiger partial charge in [0.25, 0.3) is 0 Å². The number of hydrogen-bond donors (Lipinski definition) is 1. The molecule has 0 fully saturated rings. The van der Waals surface area contributed by atoms with E-state index in [4.69, 9.17) is 9.47 Å². The molecule has 0 radical (unpaired) electrons. The van der Waals surface area contributed by atoms with E-state index in [0.29, 0.717) is 13.2 Å². The number of unbranched alkanes of at least 4 members (excludes halogenated alkanes) is 3.